The van der Waals surface area contributed by atoms with Gasteiger partial charge in [-0.15, -0.1) is 0 Å². The van der Waals surface area contributed by atoms with E-state index in [2.05, 4.69) is 9.80 Å². The second-order valence-corrected chi connectivity index (χ2v) is 6.89. The minimum atomic E-state index is -0.228. The van der Waals surface area contributed by atoms with Crippen molar-refractivity contribution in [3.05, 3.63) is 0 Å². The summed E-state index contributed by atoms with van der Waals surface area (Å²) < 4.78 is 5.55. The molecule has 3 rings (SSSR count). The van der Waals surface area contributed by atoms with Crippen LogP contribution in [0.1, 0.15) is 38.5 Å². The smallest absolute Gasteiger partial charge is 0.129 e. The second kappa shape index (κ2) is 6.54. The van der Waals surface area contributed by atoms with Gasteiger partial charge in [0.1, 0.15) is 6.29 Å². The lowest BCUT2D eigenvalue weighted by Crippen LogP contribution is -2.53. The van der Waals surface area contributed by atoms with Crippen molar-refractivity contribution in [3.63, 3.8) is 0 Å². The van der Waals surface area contributed by atoms with E-state index in [9.17, 15) is 4.79 Å². The quantitative estimate of drug-likeness (QED) is 0.731. The fraction of sp³-hybridized carbons (Fsp3) is 0.938. The van der Waals surface area contributed by atoms with Crippen LogP contribution in [0.2, 0.25) is 0 Å². The van der Waals surface area contributed by atoms with Crippen molar-refractivity contribution < 1.29 is 9.53 Å². The van der Waals surface area contributed by atoms with Gasteiger partial charge in [0.25, 0.3) is 0 Å². The van der Waals surface area contributed by atoms with Gasteiger partial charge in [-0.3, -0.25) is 9.80 Å². The molecule has 0 aromatic heterocycles. The Balaban J connectivity index is 1.48. The van der Waals surface area contributed by atoms with Crippen LogP contribution in [-0.2, 0) is 9.53 Å². The van der Waals surface area contributed by atoms with E-state index in [-0.39, 0.29) is 5.41 Å². The molecule has 4 nitrogen and oxygen atoms in total. The topological polar surface area (TPSA) is 32.8 Å². The number of rotatable bonds is 4. The molecule has 114 valence electrons. The normalized spacial score (nSPS) is 34.4. The fourth-order valence-corrected chi connectivity index (χ4v) is 4.13. The second-order valence-electron chi connectivity index (χ2n) is 6.89. The summed E-state index contributed by atoms with van der Waals surface area (Å²) in [4.78, 5) is 16.7. The van der Waals surface area contributed by atoms with Crippen molar-refractivity contribution in [2.24, 2.45) is 5.41 Å². The van der Waals surface area contributed by atoms with Crippen LogP contribution < -0.4 is 0 Å². The van der Waals surface area contributed by atoms with Gasteiger partial charge in [0, 0.05) is 45.4 Å². The van der Waals surface area contributed by atoms with Crippen molar-refractivity contribution in [3.8, 4) is 0 Å². The Bertz CT molecular complexity index is 314. The Morgan fingerprint density at radius 3 is 2.45 bits per heavy atom. The Kier molecular flexibility index (Phi) is 4.74. The summed E-state index contributed by atoms with van der Waals surface area (Å²) in [5.41, 5.74) is -0.228. The first kappa shape index (κ1) is 14.5. The monoisotopic (exact) mass is 280 g/mol. The van der Waals surface area contributed by atoms with Crippen LogP contribution in [0.25, 0.3) is 0 Å². The third-order valence-corrected chi connectivity index (χ3v) is 5.39. The zero-order valence-electron chi connectivity index (χ0n) is 12.6. The lowest BCUT2D eigenvalue weighted by molar-refractivity contribution is -0.126. The number of carbonyl (C=O) groups is 1. The largest absolute Gasteiger partial charge is 0.380 e. The minimum Gasteiger partial charge on any atom is -0.380 e. The van der Waals surface area contributed by atoms with Crippen LogP contribution in [0.3, 0.4) is 0 Å². The highest BCUT2D eigenvalue weighted by molar-refractivity contribution is 5.60. The first-order chi connectivity index (χ1) is 9.81. The lowest BCUT2D eigenvalue weighted by Gasteiger charge is -2.42. The van der Waals surface area contributed by atoms with E-state index in [0.717, 1.165) is 51.4 Å². The van der Waals surface area contributed by atoms with Gasteiger partial charge in [-0.25, -0.2) is 0 Å². The molecule has 0 aromatic carbocycles. The van der Waals surface area contributed by atoms with E-state index < -0.39 is 0 Å². The summed E-state index contributed by atoms with van der Waals surface area (Å²) in [6.07, 6.45) is 8.81. The molecule has 1 aliphatic carbocycles. The Morgan fingerprint density at radius 2 is 1.85 bits per heavy atom. The third kappa shape index (κ3) is 3.23. The predicted octanol–water partition coefficient (Wildman–Crippen LogP) is 1.54. The van der Waals surface area contributed by atoms with Gasteiger partial charge in [0.2, 0.25) is 0 Å². The number of nitrogens with zero attached hydrogens (tertiary/aromatic N) is 2. The summed E-state index contributed by atoms with van der Waals surface area (Å²) in [6, 6.07) is 0.843. The van der Waals surface area contributed by atoms with Crippen molar-refractivity contribution in [2.75, 3.05) is 45.9 Å². The van der Waals surface area contributed by atoms with E-state index >= 15 is 0 Å². The first-order valence-corrected chi connectivity index (χ1v) is 8.32. The molecule has 0 amide bonds. The molecule has 4 heteroatoms. The Hall–Kier alpha value is -0.450. The van der Waals surface area contributed by atoms with Crippen LogP contribution in [-0.4, -0.2) is 68.1 Å². The zero-order valence-corrected chi connectivity index (χ0v) is 12.6. The molecular weight excluding hydrogens is 252 g/mol. The maximum absolute atomic E-state index is 11.5. The zero-order chi connectivity index (χ0) is 13.8. The highest BCUT2D eigenvalue weighted by atomic mass is 16.5. The maximum Gasteiger partial charge on any atom is 0.129 e. The van der Waals surface area contributed by atoms with Gasteiger partial charge in [0.15, 0.2) is 0 Å². The predicted molar refractivity (Wildman–Crippen MR) is 78.8 cm³/mol. The molecule has 1 saturated carbocycles. The first-order valence-electron chi connectivity index (χ1n) is 8.32. The fourth-order valence-electron chi connectivity index (χ4n) is 4.13. The average Bonchev–Trinajstić information content (AvgIpc) is 3.03. The minimum absolute atomic E-state index is 0.228. The van der Waals surface area contributed by atoms with Crippen LogP contribution in [0, 0.1) is 5.41 Å². The summed E-state index contributed by atoms with van der Waals surface area (Å²) >= 11 is 0. The molecule has 0 N–H and O–H groups in total. The molecule has 0 radical (unpaired) electrons. The van der Waals surface area contributed by atoms with Crippen LogP contribution >= 0.6 is 0 Å². The molecule has 0 bridgehead atoms. The van der Waals surface area contributed by atoms with Gasteiger partial charge in [-0.2, -0.15) is 0 Å². The molecule has 3 aliphatic rings. The average molecular weight is 280 g/mol. The summed E-state index contributed by atoms with van der Waals surface area (Å²) in [6.45, 7) is 6.94. The van der Waals surface area contributed by atoms with Crippen molar-refractivity contribution >= 4 is 6.29 Å². The third-order valence-electron chi connectivity index (χ3n) is 5.39. The summed E-state index contributed by atoms with van der Waals surface area (Å²) in [5.74, 6) is 0. The molecule has 1 atom stereocenters. The van der Waals surface area contributed by atoms with E-state index in [1.807, 2.05) is 0 Å². The Morgan fingerprint density at radius 1 is 1.10 bits per heavy atom. The molecule has 0 aromatic rings. The SMILES string of the molecule is O=CC1(CN2CCN(C3CCCC3)CC2)CCCOC1. The Labute approximate surface area is 122 Å². The number of hydrogen-bond donors (Lipinski definition) is 0. The van der Waals surface area contributed by atoms with Crippen molar-refractivity contribution in [1.29, 1.82) is 0 Å². The van der Waals surface area contributed by atoms with E-state index in [1.54, 1.807) is 0 Å². The van der Waals surface area contributed by atoms with Crippen molar-refractivity contribution in [1.82, 2.24) is 9.80 Å². The molecule has 20 heavy (non-hydrogen) atoms. The summed E-state index contributed by atoms with van der Waals surface area (Å²) in [5, 5.41) is 0. The standard InChI is InChI=1S/C16H28N2O2/c19-13-16(6-3-11-20-14-16)12-17-7-9-18(10-8-17)15-4-1-2-5-15/h13,15H,1-12,14H2. The van der Waals surface area contributed by atoms with E-state index in [4.69, 9.17) is 4.74 Å². The van der Waals surface area contributed by atoms with E-state index in [0.29, 0.717) is 6.61 Å². The number of ether oxygens (including phenoxy) is 1. The van der Waals surface area contributed by atoms with Gasteiger partial charge in [0.05, 0.1) is 12.0 Å². The molecular formula is C16H28N2O2. The van der Waals surface area contributed by atoms with Gasteiger partial charge >= 0.3 is 0 Å². The maximum atomic E-state index is 11.5. The lowest BCUT2D eigenvalue weighted by atomic mass is 9.83. The van der Waals surface area contributed by atoms with Crippen LogP contribution in [0.15, 0.2) is 0 Å². The number of hydrogen-bond acceptors (Lipinski definition) is 4. The van der Waals surface area contributed by atoms with Crippen LogP contribution in [0.4, 0.5) is 0 Å². The number of piperazine rings is 1. The van der Waals surface area contributed by atoms with E-state index in [1.165, 1.54) is 38.8 Å². The molecule has 0 spiro atoms. The highest BCUT2D eigenvalue weighted by Crippen LogP contribution is 2.29. The highest BCUT2D eigenvalue weighted by Gasteiger charge is 2.36. The molecule has 1 unspecified atom stereocenters. The molecule has 3 fully saturated rings. The van der Waals surface area contributed by atoms with Crippen LogP contribution in [0.5, 0.6) is 0 Å². The molecule has 2 aliphatic heterocycles. The summed E-state index contributed by atoms with van der Waals surface area (Å²) in [7, 11) is 0. The number of aldehydes is 1. The molecule has 2 saturated heterocycles. The number of carbonyl (C=O) groups excluding carboxylic acids is 1. The van der Waals surface area contributed by atoms with Crippen molar-refractivity contribution in [2.45, 2.75) is 44.6 Å². The van der Waals surface area contributed by atoms with Gasteiger partial charge < -0.3 is 9.53 Å². The van der Waals surface area contributed by atoms with Gasteiger partial charge in [-0.1, -0.05) is 12.8 Å². The van der Waals surface area contributed by atoms with Gasteiger partial charge in [-0.05, 0) is 25.7 Å². The molecule has 2 heterocycles.